The quantitative estimate of drug-likeness (QED) is 0.244. The Morgan fingerprint density at radius 3 is 2.06 bits per heavy atom. The highest BCUT2D eigenvalue weighted by molar-refractivity contribution is 6.08. The molecule has 6 heteroatoms. The van der Waals surface area contributed by atoms with E-state index in [1.165, 1.54) is 0 Å². The lowest BCUT2D eigenvalue weighted by Crippen LogP contribution is -2.08. The Labute approximate surface area is 203 Å². The lowest BCUT2D eigenvalue weighted by atomic mass is 10.1. The molecule has 6 nitrogen and oxygen atoms in total. The molecule has 1 heterocycles. The minimum absolute atomic E-state index is 0.0902. The number of carbonyl (C=O) groups is 1. The van der Waals surface area contributed by atoms with Gasteiger partial charge in [0.2, 0.25) is 0 Å². The Hall–Kier alpha value is -4.19. The Balaban J connectivity index is 1.17. The van der Waals surface area contributed by atoms with Crippen LogP contribution in [0.15, 0.2) is 78.9 Å². The van der Waals surface area contributed by atoms with Crippen molar-refractivity contribution < 1.29 is 24.1 Å². The summed E-state index contributed by atoms with van der Waals surface area (Å²) < 4.78 is 19.0. The Morgan fingerprint density at radius 2 is 1.34 bits per heavy atom. The van der Waals surface area contributed by atoms with Gasteiger partial charge in [0.1, 0.15) is 23.8 Å². The standard InChI is InChI=1S/C29H27NO5/c1-33-22-10-8-21-17-23(11-9-20(21)16-22)34-14-4-5-15-35-24-12-13-26-25-6-2-3-7-27(25)30(19-29(31)32)28(26)18-24/h2-3,6-13,16-18H,4-5,14-15,19H2,1H3,(H,31,32). The molecular weight excluding hydrogens is 442 g/mol. The summed E-state index contributed by atoms with van der Waals surface area (Å²) in [6.07, 6.45) is 1.71. The van der Waals surface area contributed by atoms with Gasteiger partial charge in [-0.15, -0.1) is 0 Å². The first-order valence-corrected chi connectivity index (χ1v) is 11.7. The third-order valence-corrected chi connectivity index (χ3v) is 6.13. The predicted molar refractivity (Wildman–Crippen MR) is 138 cm³/mol. The van der Waals surface area contributed by atoms with Crippen LogP contribution in [0.3, 0.4) is 0 Å². The molecule has 0 radical (unpaired) electrons. The Kier molecular flexibility index (Phi) is 6.44. The van der Waals surface area contributed by atoms with Crippen LogP contribution < -0.4 is 14.2 Å². The van der Waals surface area contributed by atoms with Crippen LogP contribution in [0.25, 0.3) is 32.6 Å². The molecule has 0 fully saturated rings. The van der Waals surface area contributed by atoms with Gasteiger partial charge in [-0.05, 0) is 66.1 Å². The number of methoxy groups -OCH3 is 1. The minimum atomic E-state index is -0.870. The van der Waals surface area contributed by atoms with Crippen molar-refractivity contribution in [2.75, 3.05) is 20.3 Å². The van der Waals surface area contributed by atoms with Crippen LogP contribution in [0.5, 0.6) is 17.2 Å². The van der Waals surface area contributed by atoms with Gasteiger partial charge >= 0.3 is 5.97 Å². The molecule has 0 saturated carbocycles. The molecule has 0 atom stereocenters. The second-order valence-corrected chi connectivity index (χ2v) is 8.45. The summed E-state index contributed by atoms with van der Waals surface area (Å²) in [4.78, 5) is 11.4. The van der Waals surface area contributed by atoms with Gasteiger partial charge in [-0.25, -0.2) is 0 Å². The number of nitrogens with zero attached hydrogens (tertiary/aromatic N) is 1. The van der Waals surface area contributed by atoms with E-state index in [4.69, 9.17) is 14.2 Å². The van der Waals surface area contributed by atoms with Gasteiger partial charge in [0.15, 0.2) is 0 Å². The molecule has 5 aromatic rings. The number of fused-ring (bicyclic) bond motifs is 4. The average Bonchev–Trinajstić information content (AvgIpc) is 3.18. The second-order valence-electron chi connectivity index (χ2n) is 8.45. The number of para-hydroxylation sites is 1. The molecule has 0 bridgehead atoms. The van der Waals surface area contributed by atoms with E-state index in [0.29, 0.717) is 13.2 Å². The van der Waals surface area contributed by atoms with Crippen molar-refractivity contribution in [3.8, 4) is 17.2 Å². The van der Waals surface area contributed by atoms with Crippen LogP contribution in [-0.2, 0) is 11.3 Å². The maximum absolute atomic E-state index is 11.4. The third kappa shape index (κ3) is 4.87. The number of aliphatic carboxylic acids is 1. The van der Waals surface area contributed by atoms with Crippen LogP contribution >= 0.6 is 0 Å². The number of ether oxygens (including phenoxy) is 3. The fourth-order valence-corrected chi connectivity index (χ4v) is 4.43. The summed E-state index contributed by atoms with van der Waals surface area (Å²) in [5, 5.41) is 13.7. The monoisotopic (exact) mass is 469 g/mol. The highest BCUT2D eigenvalue weighted by Gasteiger charge is 2.13. The number of aromatic nitrogens is 1. The van der Waals surface area contributed by atoms with Gasteiger partial charge in [0.25, 0.3) is 0 Å². The van der Waals surface area contributed by atoms with Crippen molar-refractivity contribution in [2.45, 2.75) is 19.4 Å². The normalized spacial score (nSPS) is 11.2. The zero-order chi connectivity index (χ0) is 24.2. The topological polar surface area (TPSA) is 69.9 Å². The van der Waals surface area contributed by atoms with E-state index in [-0.39, 0.29) is 6.54 Å². The molecule has 35 heavy (non-hydrogen) atoms. The van der Waals surface area contributed by atoms with Crippen LogP contribution in [0, 0.1) is 0 Å². The molecule has 4 aromatic carbocycles. The Morgan fingerprint density at radius 1 is 0.743 bits per heavy atom. The smallest absolute Gasteiger partial charge is 0.323 e. The second kappa shape index (κ2) is 9.97. The van der Waals surface area contributed by atoms with Crippen LogP contribution in [-0.4, -0.2) is 36.0 Å². The first-order chi connectivity index (χ1) is 17.1. The van der Waals surface area contributed by atoms with Crippen molar-refractivity contribution >= 4 is 38.5 Å². The first kappa shape index (κ1) is 22.6. The number of benzene rings is 4. The number of carboxylic acid groups (broad SMARTS) is 1. The SMILES string of the molecule is COc1ccc2cc(OCCCCOc3ccc4c5ccccc5n(CC(=O)O)c4c3)ccc2c1. The number of rotatable bonds is 10. The summed E-state index contributed by atoms with van der Waals surface area (Å²) in [5.74, 6) is 1.55. The number of carboxylic acids is 1. The molecule has 0 aliphatic rings. The molecule has 0 aliphatic heterocycles. The van der Waals surface area contributed by atoms with Gasteiger partial charge in [-0.3, -0.25) is 4.79 Å². The number of hydrogen-bond donors (Lipinski definition) is 1. The fraction of sp³-hybridized carbons (Fsp3) is 0.207. The van der Waals surface area contributed by atoms with Gasteiger partial charge < -0.3 is 23.9 Å². The maximum Gasteiger partial charge on any atom is 0.323 e. The molecule has 5 rings (SSSR count). The van der Waals surface area contributed by atoms with E-state index in [9.17, 15) is 9.90 Å². The summed E-state index contributed by atoms with van der Waals surface area (Å²) in [5.41, 5.74) is 1.77. The summed E-state index contributed by atoms with van der Waals surface area (Å²) in [6, 6.07) is 25.8. The van der Waals surface area contributed by atoms with Gasteiger partial charge in [-0.2, -0.15) is 0 Å². The van der Waals surface area contributed by atoms with Crippen molar-refractivity contribution in [3.05, 3.63) is 78.9 Å². The van der Waals surface area contributed by atoms with Gasteiger partial charge in [0.05, 0.1) is 25.8 Å². The van der Waals surface area contributed by atoms with E-state index in [1.807, 2.05) is 83.4 Å². The molecular formula is C29H27NO5. The molecule has 0 aliphatic carbocycles. The molecule has 0 spiro atoms. The summed E-state index contributed by atoms with van der Waals surface area (Å²) >= 11 is 0. The number of unbranched alkanes of at least 4 members (excludes halogenated alkanes) is 1. The van der Waals surface area contributed by atoms with E-state index in [1.54, 1.807) is 7.11 Å². The Bertz CT molecular complexity index is 1500. The average molecular weight is 470 g/mol. The van der Waals surface area contributed by atoms with E-state index < -0.39 is 5.97 Å². The predicted octanol–water partition coefficient (Wildman–Crippen LogP) is 6.28. The van der Waals surface area contributed by atoms with Gasteiger partial charge in [-0.1, -0.05) is 30.3 Å². The molecule has 0 unspecified atom stereocenters. The summed E-state index contributed by atoms with van der Waals surface area (Å²) in [6.45, 7) is 1.08. The molecule has 1 aromatic heterocycles. The largest absolute Gasteiger partial charge is 0.497 e. The van der Waals surface area contributed by atoms with Crippen molar-refractivity contribution in [1.29, 1.82) is 0 Å². The van der Waals surface area contributed by atoms with Crippen molar-refractivity contribution in [2.24, 2.45) is 0 Å². The molecule has 178 valence electrons. The highest BCUT2D eigenvalue weighted by atomic mass is 16.5. The van der Waals surface area contributed by atoms with Crippen molar-refractivity contribution in [3.63, 3.8) is 0 Å². The lowest BCUT2D eigenvalue weighted by molar-refractivity contribution is -0.137. The zero-order valence-corrected chi connectivity index (χ0v) is 19.6. The maximum atomic E-state index is 11.4. The molecule has 0 saturated heterocycles. The van der Waals surface area contributed by atoms with Gasteiger partial charge in [0, 0.05) is 22.4 Å². The first-order valence-electron chi connectivity index (χ1n) is 11.7. The third-order valence-electron chi connectivity index (χ3n) is 6.13. The van der Waals surface area contributed by atoms with Crippen molar-refractivity contribution in [1.82, 2.24) is 4.57 Å². The van der Waals surface area contributed by atoms with Crippen LogP contribution in [0.2, 0.25) is 0 Å². The van der Waals surface area contributed by atoms with E-state index in [2.05, 4.69) is 0 Å². The summed E-state index contributed by atoms with van der Waals surface area (Å²) in [7, 11) is 1.67. The molecule has 1 N–H and O–H groups in total. The minimum Gasteiger partial charge on any atom is -0.497 e. The van der Waals surface area contributed by atoms with E-state index in [0.717, 1.165) is 62.7 Å². The number of hydrogen-bond acceptors (Lipinski definition) is 4. The zero-order valence-electron chi connectivity index (χ0n) is 19.6. The lowest BCUT2D eigenvalue weighted by Gasteiger charge is -2.10. The highest BCUT2D eigenvalue weighted by Crippen LogP contribution is 2.31. The van der Waals surface area contributed by atoms with Crippen LogP contribution in [0.1, 0.15) is 12.8 Å². The molecule has 0 amide bonds. The fourth-order valence-electron chi connectivity index (χ4n) is 4.43. The van der Waals surface area contributed by atoms with E-state index >= 15 is 0 Å². The van der Waals surface area contributed by atoms with Crippen LogP contribution in [0.4, 0.5) is 0 Å².